The minimum Gasteiger partial charge on any atom is -0.465 e. The zero-order valence-corrected chi connectivity index (χ0v) is 14.4. The third kappa shape index (κ3) is 4.02. The lowest BCUT2D eigenvalue weighted by Gasteiger charge is -2.43. The molecule has 0 aliphatic carbocycles. The first-order chi connectivity index (χ1) is 12.6. The van der Waals surface area contributed by atoms with Gasteiger partial charge in [0.2, 0.25) is 0 Å². The topological polar surface area (TPSA) is 55.8 Å². The maximum Gasteiger partial charge on any atom is 0.410 e. The highest BCUT2D eigenvalue weighted by atomic mass is 19.1. The smallest absolute Gasteiger partial charge is 0.410 e. The molecule has 1 fully saturated rings. The molecule has 136 valence electrons. The van der Waals surface area contributed by atoms with E-state index < -0.39 is 24.3 Å². The predicted molar refractivity (Wildman–Crippen MR) is 93.5 cm³/mol. The lowest BCUT2D eigenvalue weighted by Crippen LogP contribution is -2.61. The Morgan fingerprint density at radius 2 is 1.77 bits per heavy atom. The molecule has 6 heteroatoms. The fraction of sp³-hybridized carbons (Fsp3) is 0.300. The molecule has 1 heterocycles. The minimum atomic E-state index is -1.08. The number of ether oxygens (including phenoxy) is 2. The number of amides is 1. The van der Waals surface area contributed by atoms with Crippen LogP contribution in [0.2, 0.25) is 0 Å². The highest BCUT2D eigenvalue weighted by Crippen LogP contribution is 2.26. The molecule has 2 atom stereocenters. The van der Waals surface area contributed by atoms with Crippen LogP contribution in [0.1, 0.15) is 21.5 Å². The first kappa shape index (κ1) is 17.9. The van der Waals surface area contributed by atoms with Gasteiger partial charge < -0.3 is 9.47 Å². The Kier molecular flexibility index (Phi) is 5.51. The number of carbonyl (C=O) groups excluding carboxylic acids is 2. The molecule has 0 aromatic heterocycles. The Labute approximate surface area is 151 Å². The number of esters is 1. The third-order valence-corrected chi connectivity index (χ3v) is 4.45. The molecule has 0 bridgehead atoms. The van der Waals surface area contributed by atoms with E-state index in [-0.39, 0.29) is 13.2 Å². The standard InChI is InChI=1S/C20H20FNO4/c1-25-19(23)16-9-7-14(8-10-16)11-18-17(21)12-22(18)20(24)26-13-15-5-3-2-4-6-15/h2-10,17-18H,11-13H2,1H3/t17-,18-/m0/s1. The number of halogens is 1. The summed E-state index contributed by atoms with van der Waals surface area (Å²) in [7, 11) is 1.32. The SMILES string of the molecule is COC(=O)c1ccc(C[C@H]2[C@@H](F)CN2C(=O)OCc2ccccc2)cc1. The van der Waals surface area contributed by atoms with Crippen molar-refractivity contribution in [3.05, 3.63) is 71.3 Å². The van der Waals surface area contributed by atoms with E-state index in [0.717, 1.165) is 11.1 Å². The summed E-state index contributed by atoms with van der Waals surface area (Å²) < 4.78 is 23.9. The molecule has 1 aliphatic heterocycles. The van der Waals surface area contributed by atoms with Gasteiger partial charge in [-0.15, -0.1) is 0 Å². The lowest BCUT2D eigenvalue weighted by molar-refractivity contribution is -0.0132. The summed E-state index contributed by atoms with van der Waals surface area (Å²) in [6, 6.07) is 15.5. The van der Waals surface area contributed by atoms with E-state index in [0.29, 0.717) is 12.0 Å². The number of hydrogen-bond acceptors (Lipinski definition) is 4. The van der Waals surface area contributed by atoms with Crippen molar-refractivity contribution in [1.82, 2.24) is 4.90 Å². The molecule has 0 unspecified atom stereocenters. The molecule has 26 heavy (non-hydrogen) atoms. The fourth-order valence-electron chi connectivity index (χ4n) is 2.89. The van der Waals surface area contributed by atoms with Crippen LogP contribution in [-0.4, -0.2) is 42.8 Å². The minimum absolute atomic E-state index is 0.0402. The predicted octanol–water partition coefficient (Wildman–Crippen LogP) is 3.37. The van der Waals surface area contributed by atoms with Gasteiger partial charge in [0.05, 0.1) is 25.3 Å². The fourth-order valence-corrected chi connectivity index (χ4v) is 2.89. The Morgan fingerprint density at radius 1 is 1.08 bits per heavy atom. The quantitative estimate of drug-likeness (QED) is 0.770. The van der Waals surface area contributed by atoms with Gasteiger partial charge in [-0.25, -0.2) is 14.0 Å². The normalized spacial score (nSPS) is 18.8. The largest absolute Gasteiger partial charge is 0.465 e. The number of nitrogens with zero attached hydrogens (tertiary/aromatic N) is 1. The van der Waals surface area contributed by atoms with Crippen LogP contribution < -0.4 is 0 Å². The number of hydrogen-bond donors (Lipinski definition) is 0. The molecule has 0 spiro atoms. The van der Waals surface area contributed by atoms with Crippen molar-refractivity contribution in [3.8, 4) is 0 Å². The van der Waals surface area contributed by atoms with Gasteiger partial charge in [-0.2, -0.15) is 0 Å². The number of benzene rings is 2. The first-order valence-corrected chi connectivity index (χ1v) is 8.37. The van der Waals surface area contributed by atoms with Crippen molar-refractivity contribution in [2.75, 3.05) is 13.7 Å². The van der Waals surface area contributed by atoms with Crippen LogP contribution in [-0.2, 0) is 22.5 Å². The summed E-state index contributed by atoms with van der Waals surface area (Å²) in [6.07, 6.45) is -1.23. The summed E-state index contributed by atoms with van der Waals surface area (Å²) in [5.41, 5.74) is 2.15. The van der Waals surface area contributed by atoms with E-state index >= 15 is 0 Å². The van der Waals surface area contributed by atoms with Crippen LogP contribution >= 0.6 is 0 Å². The zero-order chi connectivity index (χ0) is 18.5. The van der Waals surface area contributed by atoms with Crippen molar-refractivity contribution in [2.45, 2.75) is 25.2 Å². The van der Waals surface area contributed by atoms with Crippen molar-refractivity contribution in [2.24, 2.45) is 0 Å². The zero-order valence-electron chi connectivity index (χ0n) is 14.4. The van der Waals surface area contributed by atoms with Crippen LogP contribution in [0.25, 0.3) is 0 Å². The van der Waals surface area contributed by atoms with Crippen molar-refractivity contribution < 1.29 is 23.5 Å². The van der Waals surface area contributed by atoms with E-state index in [1.807, 2.05) is 30.3 Å². The van der Waals surface area contributed by atoms with Crippen LogP contribution in [0, 0.1) is 0 Å². The number of carbonyl (C=O) groups is 2. The van der Waals surface area contributed by atoms with Crippen LogP contribution in [0.3, 0.4) is 0 Å². The Hall–Kier alpha value is -2.89. The average molecular weight is 357 g/mol. The number of likely N-dealkylation sites (tertiary alicyclic amines) is 1. The highest BCUT2D eigenvalue weighted by molar-refractivity contribution is 5.89. The number of alkyl halides is 1. The van der Waals surface area contributed by atoms with E-state index in [2.05, 4.69) is 4.74 Å². The van der Waals surface area contributed by atoms with Gasteiger partial charge in [0.1, 0.15) is 12.8 Å². The second-order valence-electron chi connectivity index (χ2n) is 6.17. The molecular weight excluding hydrogens is 337 g/mol. The summed E-state index contributed by atoms with van der Waals surface area (Å²) in [5.74, 6) is -0.422. The number of rotatable bonds is 5. The van der Waals surface area contributed by atoms with E-state index in [1.54, 1.807) is 24.3 Å². The van der Waals surface area contributed by atoms with Gasteiger partial charge in [-0.1, -0.05) is 42.5 Å². The summed E-state index contributed by atoms with van der Waals surface area (Å²) in [4.78, 5) is 25.1. The third-order valence-electron chi connectivity index (χ3n) is 4.45. The second-order valence-corrected chi connectivity index (χ2v) is 6.17. The molecule has 0 N–H and O–H groups in total. The average Bonchev–Trinajstić information content (AvgIpc) is 2.69. The molecular formula is C20H20FNO4. The molecule has 5 nitrogen and oxygen atoms in total. The first-order valence-electron chi connectivity index (χ1n) is 8.37. The van der Waals surface area contributed by atoms with E-state index in [9.17, 15) is 14.0 Å². The van der Waals surface area contributed by atoms with Crippen molar-refractivity contribution >= 4 is 12.1 Å². The van der Waals surface area contributed by atoms with Gasteiger partial charge in [-0.3, -0.25) is 4.90 Å². The van der Waals surface area contributed by atoms with Crippen LogP contribution in [0.4, 0.5) is 9.18 Å². The van der Waals surface area contributed by atoms with Gasteiger partial charge in [0, 0.05) is 0 Å². The summed E-state index contributed by atoms with van der Waals surface area (Å²) in [5, 5.41) is 0. The highest BCUT2D eigenvalue weighted by Gasteiger charge is 2.43. The molecule has 0 saturated carbocycles. The molecule has 1 aliphatic rings. The van der Waals surface area contributed by atoms with E-state index in [1.165, 1.54) is 12.0 Å². The monoisotopic (exact) mass is 357 g/mol. The van der Waals surface area contributed by atoms with E-state index in [4.69, 9.17) is 4.74 Å². The lowest BCUT2D eigenvalue weighted by atomic mass is 9.93. The van der Waals surface area contributed by atoms with Crippen LogP contribution in [0.15, 0.2) is 54.6 Å². The molecule has 0 radical (unpaired) electrons. The maximum absolute atomic E-state index is 14.0. The van der Waals surface area contributed by atoms with Gasteiger partial charge in [0.25, 0.3) is 0 Å². The maximum atomic E-state index is 14.0. The van der Waals surface area contributed by atoms with Crippen LogP contribution in [0.5, 0.6) is 0 Å². The Balaban J connectivity index is 1.57. The molecule has 1 amide bonds. The summed E-state index contributed by atoms with van der Waals surface area (Å²) in [6.45, 7) is 0.201. The van der Waals surface area contributed by atoms with Gasteiger partial charge in [-0.05, 0) is 29.7 Å². The molecule has 2 aromatic carbocycles. The second kappa shape index (κ2) is 7.99. The molecule has 3 rings (SSSR count). The molecule has 1 saturated heterocycles. The summed E-state index contributed by atoms with van der Waals surface area (Å²) >= 11 is 0. The Morgan fingerprint density at radius 3 is 2.38 bits per heavy atom. The molecule has 2 aromatic rings. The van der Waals surface area contributed by atoms with Crippen molar-refractivity contribution in [3.63, 3.8) is 0 Å². The van der Waals surface area contributed by atoms with Gasteiger partial charge in [0.15, 0.2) is 0 Å². The number of methoxy groups -OCH3 is 1. The Bertz CT molecular complexity index is 763. The van der Waals surface area contributed by atoms with Gasteiger partial charge >= 0.3 is 12.1 Å². The van der Waals surface area contributed by atoms with Crippen molar-refractivity contribution in [1.29, 1.82) is 0 Å².